The van der Waals surface area contributed by atoms with Crippen molar-refractivity contribution in [2.45, 2.75) is 25.6 Å². The highest BCUT2D eigenvalue weighted by atomic mass is 16.5. The van der Waals surface area contributed by atoms with Crippen molar-refractivity contribution < 1.29 is 14.6 Å². The lowest BCUT2D eigenvalue weighted by molar-refractivity contribution is -0.142. The molecule has 0 fully saturated rings. The molecule has 2 unspecified atom stereocenters. The Morgan fingerprint density at radius 2 is 1.85 bits per heavy atom. The second kappa shape index (κ2) is 6.77. The summed E-state index contributed by atoms with van der Waals surface area (Å²) in [4.78, 5) is 12.4. The minimum atomic E-state index is -0.568. The SMILES string of the molecule is C/C(=C/CC1=CC(O)c2ccccc21)C(=O)OC1C=Cc2ccccc21. The molecule has 2 aromatic carbocycles. The van der Waals surface area contributed by atoms with Gasteiger partial charge in [-0.3, -0.25) is 0 Å². The molecule has 3 nitrogen and oxygen atoms in total. The molecule has 2 aliphatic rings. The average molecular weight is 344 g/mol. The van der Waals surface area contributed by atoms with Gasteiger partial charge in [0.2, 0.25) is 0 Å². The Morgan fingerprint density at radius 1 is 1.12 bits per heavy atom. The fraction of sp³-hybridized carbons (Fsp3) is 0.174. The molecule has 2 aliphatic carbocycles. The number of aliphatic hydroxyl groups is 1. The summed E-state index contributed by atoms with van der Waals surface area (Å²) in [5.74, 6) is -0.316. The van der Waals surface area contributed by atoms with Gasteiger partial charge in [0.25, 0.3) is 0 Å². The van der Waals surface area contributed by atoms with Crippen LogP contribution < -0.4 is 0 Å². The van der Waals surface area contributed by atoms with E-state index in [9.17, 15) is 9.90 Å². The van der Waals surface area contributed by atoms with Crippen molar-refractivity contribution >= 4 is 17.6 Å². The van der Waals surface area contributed by atoms with Crippen LogP contribution in [0.2, 0.25) is 0 Å². The van der Waals surface area contributed by atoms with Gasteiger partial charge in [-0.1, -0.05) is 60.7 Å². The summed E-state index contributed by atoms with van der Waals surface area (Å²) >= 11 is 0. The van der Waals surface area contributed by atoms with Crippen molar-refractivity contribution in [1.82, 2.24) is 0 Å². The maximum absolute atomic E-state index is 12.4. The summed E-state index contributed by atoms with van der Waals surface area (Å²) in [5, 5.41) is 10.1. The van der Waals surface area contributed by atoms with E-state index < -0.39 is 6.10 Å². The number of allylic oxidation sites excluding steroid dienone is 2. The van der Waals surface area contributed by atoms with E-state index in [1.807, 2.05) is 72.8 Å². The minimum Gasteiger partial charge on any atom is -0.450 e. The van der Waals surface area contributed by atoms with Crippen molar-refractivity contribution in [2.24, 2.45) is 0 Å². The van der Waals surface area contributed by atoms with Gasteiger partial charge in [0.1, 0.15) is 6.10 Å². The first-order chi connectivity index (χ1) is 12.6. The summed E-state index contributed by atoms with van der Waals surface area (Å²) < 4.78 is 5.64. The number of carbonyl (C=O) groups excluding carboxylic acids is 1. The Kier molecular flexibility index (Phi) is 4.31. The number of carbonyl (C=O) groups is 1. The van der Waals surface area contributed by atoms with Crippen LogP contribution in [0, 0.1) is 0 Å². The van der Waals surface area contributed by atoms with Crippen molar-refractivity contribution in [3.63, 3.8) is 0 Å². The van der Waals surface area contributed by atoms with E-state index in [1.165, 1.54) is 0 Å². The molecule has 130 valence electrons. The Balaban J connectivity index is 1.44. The van der Waals surface area contributed by atoms with Crippen molar-refractivity contribution in [1.29, 1.82) is 0 Å². The zero-order chi connectivity index (χ0) is 18.1. The predicted octanol–water partition coefficient (Wildman–Crippen LogP) is 4.76. The highest BCUT2D eigenvalue weighted by Crippen LogP contribution is 2.36. The number of rotatable bonds is 4. The maximum Gasteiger partial charge on any atom is 0.334 e. The van der Waals surface area contributed by atoms with Crippen LogP contribution in [-0.2, 0) is 9.53 Å². The first kappa shape index (κ1) is 16.6. The van der Waals surface area contributed by atoms with E-state index in [-0.39, 0.29) is 12.1 Å². The minimum absolute atomic E-state index is 0.316. The Labute approximate surface area is 152 Å². The number of fused-ring (bicyclic) bond motifs is 2. The zero-order valence-corrected chi connectivity index (χ0v) is 14.6. The fourth-order valence-corrected chi connectivity index (χ4v) is 3.47. The largest absolute Gasteiger partial charge is 0.450 e. The quantitative estimate of drug-likeness (QED) is 0.642. The molecule has 3 heteroatoms. The fourth-order valence-electron chi connectivity index (χ4n) is 3.47. The normalized spacial score (nSPS) is 20.5. The van der Waals surface area contributed by atoms with E-state index in [0.717, 1.165) is 27.8 Å². The summed E-state index contributed by atoms with van der Waals surface area (Å²) in [6.45, 7) is 1.77. The highest BCUT2D eigenvalue weighted by Gasteiger charge is 2.22. The second-order valence-electron chi connectivity index (χ2n) is 6.63. The topological polar surface area (TPSA) is 46.5 Å². The number of hydrogen-bond donors (Lipinski definition) is 1. The molecule has 0 spiro atoms. The van der Waals surface area contributed by atoms with Crippen molar-refractivity contribution in [3.8, 4) is 0 Å². The van der Waals surface area contributed by atoms with Crippen LogP contribution in [-0.4, -0.2) is 11.1 Å². The number of esters is 1. The molecule has 2 aromatic rings. The van der Waals surface area contributed by atoms with E-state index in [4.69, 9.17) is 4.74 Å². The standard InChI is InChI=1S/C23H20O3/c1-15(10-11-17-14-21(24)20-9-5-4-7-18(17)20)23(25)26-22-13-12-16-6-2-3-8-19(16)22/h2-10,12-14,21-22,24H,11H2,1H3/b15-10-. The van der Waals surface area contributed by atoms with Crippen LogP contribution in [0.15, 0.2) is 72.3 Å². The van der Waals surface area contributed by atoms with Crippen LogP contribution in [0.4, 0.5) is 0 Å². The van der Waals surface area contributed by atoms with E-state index in [2.05, 4.69) is 0 Å². The lowest BCUT2D eigenvalue weighted by Crippen LogP contribution is -2.09. The summed E-state index contributed by atoms with van der Waals surface area (Å²) in [7, 11) is 0. The molecule has 1 N–H and O–H groups in total. The molecule has 0 amide bonds. The number of benzene rings is 2. The Morgan fingerprint density at radius 3 is 2.69 bits per heavy atom. The molecular weight excluding hydrogens is 324 g/mol. The third-order valence-corrected chi connectivity index (χ3v) is 4.92. The van der Waals surface area contributed by atoms with Gasteiger partial charge in [-0.05, 0) is 47.8 Å². The molecule has 0 heterocycles. The van der Waals surface area contributed by atoms with Gasteiger partial charge in [0.05, 0.1) is 6.10 Å². The van der Waals surface area contributed by atoms with Crippen LogP contribution in [0.25, 0.3) is 11.6 Å². The molecule has 0 aromatic heterocycles. The molecule has 26 heavy (non-hydrogen) atoms. The highest BCUT2D eigenvalue weighted by molar-refractivity contribution is 5.89. The average Bonchev–Trinajstić information content (AvgIpc) is 3.21. The molecule has 0 saturated carbocycles. The summed E-state index contributed by atoms with van der Waals surface area (Å²) in [5.41, 5.74) is 5.68. The van der Waals surface area contributed by atoms with Gasteiger partial charge in [-0.25, -0.2) is 4.79 Å². The Hall–Kier alpha value is -2.91. The lowest BCUT2D eigenvalue weighted by Gasteiger charge is -2.13. The van der Waals surface area contributed by atoms with Crippen LogP contribution >= 0.6 is 0 Å². The third kappa shape index (κ3) is 3.02. The molecule has 4 rings (SSSR count). The van der Waals surface area contributed by atoms with E-state index >= 15 is 0 Å². The van der Waals surface area contributed by atoms with Gasteiger partial charge in [-0.15, -0.1) is 0 Å². The Bertz CT molecular complexity index is 949. The molecule has 0 radical (unpaired) electrons. The lowest BCUT2D eigenvalue weighted by atomic mass is 10.0. The first-order valence-corrected chi connectivity index (χ1v) is 8.76. The van der Waals surface area contributed by atoms with Gasteiger partial charge < -0.3 is 9.84 Å². The number of ether oxygens (including phenoxy) is 1. The smallest absolute Gasteiger partial charge is 0.334 e. The molecule has 0 aliphatic heterocycles. The molecule has 2 atom stereocenters. The van der Waals surface area contributed by atoms with Gasteiger partial charge in [0, 0.05) is 11.1 Å². The van der Waals surface area contributed by atoms with Crippen LogP contribution in [0.1, 0.15) is 47.8 Å². The van der Waals surface area contributed by atoms with Crippen molar-refractivity contribution in [2.75, 3.05) is 0 Å². The summed E-state index contributed by atoms with van der Waals surface area (Å²) in [6.07, 6.45) is 7.29. The monoisotopic (exact) mass is 344 g/mol. The maximum atomic E-state index is 12.4. The van der Waals surface area contributed by atoms with Gasteiger partial charge >= 0.3 is 5.97 Å². The van der Waals surface area contributed by atoms with Gasteiger partial charge in [0.15, 0.2) is 0 Å². The molecular formula is C23H20O3. The predicted molar refractivity (Wildman–Crippen MR) is 102 cm³/mol. The molecule has 0 saturated heterocycles. The van der Waals surface area contributed by atoms with E-state index in [0.29, 0.717) is 12.0 Å². The van der Waals surface area contributed by atoms with E-state index in [1.54, 1.807) is 6.92 Å². The summed E-state index contributed by atoms with van der Waals surface area (Å²) in [6, 6.07) is 15.7. The van der Waals surface area contributed by atoms with Gasteiger partial charge in [-0.2, -0.15) is 0 Å². The zero-order valence-electron chi connectivity index (χ0n) is 14.6. The van der Waals surface area contributed by atoms with Crippen LogP contribution in [0.5, 0.6) is 0 Å². The number of aliphatic hydroxyl groups excluding tert-OH is 1. The first-order valence-electron chi connectivity index (χ1n) is 8.76. The second-order valence-corrected chi connectivity index (χ2v) is 6.63. The molecule has 0 bridgehead atoms. The third-order valence-electron chi connectivity index (χ3n) is 4.92. The van der Waals surface area contributed by atoms with Crippen molar-refractivity contribution in [3.05, 3.63) is 94.6 Å². The number of hydrogen-bond acceptors (Lipinski definition) is 3. The van der Waals surface area contributed by atoms with Crippen LogP contribution in [0.3, 0.4) is 0 Å².